The number of nitrogens with zero attached hydrogens (tertiary/aromatic N) is 1. The first-order chi connectivity index (χ1) is 12.1. The lowest BCUT2D eigenvalue weighted by atomic mass is 10.1. The van der Waals surface area contributed by atoms with Gasteiger partial charge in [0, 0.05) is 26.5 Å². The molecule has 2 aromatic carbocycles. The molecule has 0 spiro atoms. The number of rotatable bonds is 3. The maximum Gasteiger partial charge on any atom is 0.345 e. The van der Waals surface area contributed by atoms with Crippen LogP contribution in [0.5, 0.6) is 0 Å². The zero-order valence-electron chi connectivity index (χ0n) is 12.6. The number of hydrogen-bond donors (Lipinski definition) is 1. The summed E-state index contributed by atoms with van der Waals surface area (Å²) in [6.07, 6.45) is 0. The van der Waals surface area contributed by atoms with Crippen LogP contribution in [0.4, 0.5) is 10.8 Å². The molecule has 0 fully saturated rings. The van der Waals surface area contributed by atoms with Crippen LogP contribution in [-0.2, 0) is 0 Å². The van der Waals surface area contributed by atoms with Crippen LogP contribution in [-0.4, -0.2) is 4.98 Å². The number of anilines is 2. The van der Waals surface area contributed by atoms with Crippen molar-refractivity contribution in [3.05, 3.63) is 74.4 Å². The maximum absolute atomic E-state index is 12.3. The first kappa shape index (κ1) is 16.1. The first-order valence-corrected chi connectivity index (χ1v) is 8.94. The third kappa shape index (κ3) is 3.39. The van der Waals surface area contributed by atoms with Crippen LogP contribution < -0.4 is 10.9 Å². The van der Waals surface area contributed by atoms with E-state index in [0.29, 0.717) is 32.0 Å². The standard InChI is InChI=1S/C18H10Cl2N2O2S/c19-11-2-1-3-13(8-11)21-18-22-15(9-25-18)14-7-10-6-12(20)4-5-16(10)24-17(14)23/h1-9H,(H,21,22). The van der Waals surface area contributed by atoms with E-state index in [2.05, 4.69) is 10.3 Å². The fourth-order valence-corrected chi connectivity index (χ4v) is 3.52. The largest absolute Gasteiger partial charge is 0.422 e. The number of thiazole rings is 1. The van der Waals surface area contributed by atoms with Crippen LogP contribution in [0.3, 0.4) is 0 Å². The normalized spacial score (nSPS) is 11.0. The molecule has 0 amide bonds. The highest BCUT2D eigenvalue weighted by molar-refractivity contribution is 7.14. The maximum atomic E-state index is 12.3. The molecule has 0 saturated heterocycles. The molecule has 1 N–H and O–H groups in total. The highest BCUT2D eigenvalue weighted by Gasteiger charge is 2.12. The first-order valence-electron chi connectivity index (χ1n) is 7.30. The van der Waals surface area contributed by atoms with Crippen molar-refractivity contribution in [2.75, 3.05) is 5.32 Å². The van der Waals surface area contributed by atoms with E-state index < -0.39 is 5.63 Å². The fourth-order valence-electron chi connectivity index (χ4n) is 2.42. The summed E-state index contributed by atoms with van der Waals surface area (Å²) >= 11 is 13.4. The minimum Gasteiger partial charge on any atom is -0.422 e. The molecule has 2 heterocycles. The molecule has 4 aromatic rings. The van der Waals surface area contributed by atoms with E-state index in [9.17, 15) is 4.79 Å². The van der Waals surface area contributed by atoms with E-state index in [0.717, 1.165) is 11.1 Å². The molecule has 2 aromatic heterocycles. The van der Waals surface area contributed by atoms with Crippen molar-refractivity contribution in [1.29, 1.82) is 0 Å². The van der Waals surface area contributed by atoms with E-state index in [1.54, 1.807) is 41.8 Å². The van der Waals surface area contributed by atoms with Crippen LogP contribution in [0.25, 0.3) is 22.2 Å². The van der Waals surface area contributed by atoms with Crippen molar-refractivity contribution >= 4 is 56.3 Å². The van der Waals surface area contributed by atoms with Crippen LogP contribution in [0.15, 0.2) is 63.1 Å². The quantitative estimate of drug-likeness (QED) is 0.439. The van der Waals surface area contributed by atoms with E-state index >= 15 is 0 Å². The van der Waals surface area contributed by atoms with Gasteiger partial charge >= 0.3 is 5.63 Å². The lowest BCUT2D eigenvalue weighted by Crippen LogP contribution is -2.03. The Morgan fingerprint density at radius 1 is 1.04 bits per heavy atom. The predicted octanol–water partition coefficient (Wildman–Crippen LogP) is 5.97. The number of aromatic nitrogens is 1. The van der Waals surface area contributed by atoms with Crippen molar-refractivity contribution in [2.24, 2.45) is 0 Å². The smallest absolute Gasteiger partial charge is 0.345 e. The molecule has 124 valence electrons. The summed E-state index contributed by atoms with van der Waals surface area (Å²) in [5.74, 6) is 0. The molecule has 0 bridgehead atoms. The van der Waals surface area contributed by atoms with Crippen molar-refractivity contribution in [1.82, 2.24) is 4.98 Å². The molecule has 0 unspecified atom stereocenters. The summed E-state index contributed by atoms with van der Waals surface area (Å²) < 4.78 is 5.36. The van der Waals surface area contributed by atoms with E-state index in [4.69, 9.17) is 27.6 Å². The Kier molecular flexibility index (Phi) is 4.21. The Labute approximate surface area is 156 Å². The topological polar surface area (TPSA) is 55.1 Å². The molecule has 0 aliphatic heterocycles. The SMILES string of the molecule is O=c1oc2ccc(Cl)cc2cc1-c1csc(Nc2cccc(Cl)c2)n1. The summed E-state index contributed by atoms with van der Waals surface area (Å²) in [6.45, 7) is 0. The number of hydrogen-bond acceptors (Lipinski definition) is 5. The van der Waals surface area contributed by atoms with Gasteiger partial charge in [-0.1, -0.05) is 29.3 Å². The molecular weight excluding hydrogens is 379 g/mol. The Hall–Kier alpha value is -2.34. The number of fused-ring (bicyclic) bond motifs is 1. The minimum absolute atomic E-state index is 0.394. The zero-order valence-corrected chi connectivity index (χ0v) is 15.0. The van der Waals surface area contributed by atoms with E-state index in [1.165, 1.54) is 11.3 Å². The van der Waals surface area contributed by atoms with Gasteiger partial charge in [0.05, 0.1) is 11.3 Å². The lowest BCUT2D eigenvalue weighted by Gasteiger charge is -2.02. The van der Waals surface area contributed by atoms with E-state index in [1.807, 2.05) is 12.1 Å². The van der Waals surface area contributed by atoms with Gasteiger partial charge in [-0.25, -0.2) is 9.78 Å². The average molecular weight is 389 g/mol. The van der Waals surface area contributed by atoms with Gasteiger partial charge in [-0.05, 0) is 42.5 Å². The van der Waals surface area contributed by atoms with Gasteiger partial charge in [0.2, 0.25) is 0 Å². The van der Waals surface area contributed by atoms with Crippen LogP contribution >= 0.6 is 34.5 Å². The van der Waals surface area contributed by atoms with Crippen molar-refractivity contribution < 1.29 is 4.42 Å². The highest BCUT2D eigenvalue weighted by atomic mass is 35.5. The predicted molar refractivity (Wildman–Crippen MR) is 103 cm³/mol. The summed E-state index contributed by atoms with van der Waals surface area (Å²) in [6, 6.07) is 14.2. The zero-order chi connectivity index (χ0) is 17.4. The molecule has 0 saturated carbocycles. The molecule has 7 heteroatoms. The molecule has 25 heavy (non-hydrogen) atoms. The molecule has 0 aliphatic rings. The fraction of sp³-hybridized carbons (Fsp3) is 0. The Bertz CT molecular complexity index is 1140. The second kappa shape index (κ2) is 6.52. The van der Waals surface area contributed by atoms with Crippen molar-refractivity contribution in [3.8, 4) is 11.3 Å². The summed E-state index contributed by atoms with van der Waals surface area (Å²) in [4.78, 5) is 16.7. The van der Waals surface area contributed by atoms with Crippen LogP contribution in [0, 0.1) is 0 Å². The van der Waals surface area contributed by atoms with Gasteiger partial charge in [-0.3, -0.25) is 0 Å². The van der Waals surface area contributed by atoms with Crippen LogP contribution in [0.2, 0.25) is 10.0 Å². The molecule has 0 radical (unpaired) electrons. The van der Waals surface area contributed by atoms with Gasteiger partial charge in [-0.2, -0.15) is 0 Å². The molecule has 4 rings (SSSR count). The number of halogens is 2. The monoisotopic (exact) mass is 388 g/mol. The molecule has 0 atom stereocenters. The van der Waals surface area contributed by atoms with Gasteiger partial charge in [0.1, 0.15) is 5.58 Å². The van der Waals surface area contributed by atoms with Gasteiger partial charge in [0.15, 0.2) is 5.13 Å². The summed E-state index contributed by atoms with van der Waals surface area (Å²) in [5.41, 5.74) is 1.82. The Balaban J connectivity index is 1.71. The Morgan fingerprint density at radius 3 is 2.72 bits per heavy atom. The average Bonchev–Trinajstić information content (AvgIpc) is 3.03. The number of benzene rings is 2. The van der Waals surface area contributed by atoms with Gasteiger partial charge in [-0.15, -0.1) is 11.3 Å². The summed E-state index contributed by atoms with van der Waals surface area (Å²) in [7, 11) is 0. The lowest BCUT2D eigenvalue weighted by molar-refractivity contribution is 0.563. The molecule has 4 nitrogen and oxygen atoms in total. The van der Waals surface area contributed by atoms with Gasteiger partial charge in [0.25, 0.3) is 0 Å². The van der Waals surface area contributed by atoms with Crippen molar-refractivity contribution in [2.45, 2.75) is 0 Å². The minimum atomic E-state index is -0.436. The number of nitrogens with one attached hydrogen (secondary N) is 1. The second-order valence-corrected chi connectivity index (χ2v) is 7.03. The van der Waals surface area contributed by atoms with E-state index in [-0.39, 0.29) is 0 Å². The third-order valence-corrected chi connectivity index (χ3v) is 4.78. The third-order valence-electron chi connectivity index (χ3n) is 3.55. The summed E-state index contributed by atoms with van der Waals surface area (Å²) in [5, 5.41) is 7.59. The molecule has 0 aliphatic carbocycles. The molecular formula is C18H10Cl2N2O2S. The van der Waals surface area contributed by atoms with Gasteiger partial charge < -0.3 is 9.73 Å². The van der Waals surface area contributed by atoms with Crippen molar-refractivity contribution in [3.63, 3.8) is 0 Å². The highest BCUT2D eigenvalue weighted by Crippen LogP contribution is 2.28. The Morgan fingerprint density at radius 2 is 1.88 bits per heavy atom. The van der Waals surface area contributed by atoms with Crippen LogP contribution in [0.1, 0.15) is 0 Å². The second-order valence-electron chi connectivity index (χ2n) is 5.30.